The molecule has 2 amide bonds. The Kier molecular flexibility index (Phi) is 9.81. The van der Waals surface area contributed by atoms with Gasteiger partial charge < -0.3 is 15.0 Å². The van der Waals surface area contributed by atoms with Crippen LogP contribution in [0.25, 0.3) is 0 Å². The van der Waals surface area contributed by atoms with Crippen LogP contribution in [0.4, 0.5) is 17.6 Å². The lowest BCUT2D eigenvalue weighted by Crippen LogP contribution is -2.52. The van der Waals surface area contributed by atoms with Crippen molar-refractivity contribution in [1.29, 1.82) is 0 Å². The van der Waals surface area contributed by atoms with Crippen molar-refractivity contribution in [2.24, 2.45) is 5.92 Å². The molecule has 3 heterocycles. The molecule has 0 radical (unpaired) electrons. The number of carbonyl (C=O) groups is 3. The zero-order valence-corrected chi connectivity index (χ0v) is 24.7. The number of nitrogens with one attached hydrogen (secondary N) is 1. The first kappa shape index (κ1) is 32.1. The molecule has 12 heteroatoms. The van der Waals surface area contributed by atoms with Crippen molar-refractivity contribution in [3.63, 3.8) is 0 Å². The molecule has 2 aromatic carbocycles. The minimum absolute atomic E-state index is 0.0325. The molecule has 0 spiro atoms. The Bertz CT molecular complexity index is 1510. The van der Waals surface area contributed by atoms with Crippen LogP contribution in [0.2, 0.25) is 0 Å². The SMILES string of the molecule is COc1ccc(C(=O)C2CCN(C(=O)c3ccc(C(=O)N[C@@H]4CCN(Cc5cccc(C(F)(F)F)c5)C[C@@H]4F)cn3)CC2)cc1. The summed E-state index contributed by atoms with van der Waals surface area (Å²) in [7, 11) is 1.56. The van der Waals surface area contributed by atoms with Crippen LogP contribution >= 0.6 is 0 Å². The van der Waals surface area contributed by atoms with Crippen LogP contribution in [0.5, 0.6) is 5.75 Å². The average molecular weight is 627 g/mol. The van der Waals surface area contributed by atoms with Gasteiger partial charge in [0.2, 0.25) is 0 Å². The number of nitrogens with zero attached hydrogens (tertiary/aromatic N) is 3. The molecule has 0 saturated carbocycles. The van der Waals surface area contributed by atoms with Crippen LogP contribution in [0.1, 0.15) is 61.6 Å². The number of likely N-dealkylation sites (tertiary alicyclic amines) is 2. The molecule has 45 heavy (non-hydrogen) atoms. The maximum Gasteiger partial charge on any atom is 0.416 e. The highest BCUT2D eigenvalue weighted by Gasteiger charge is 2.33. The van der Waals surface area contributed by atoms with Crippen molar-refractivity contribution in [2.75, 3.05) is 33.3 Å². The number of hydrogen-bond acceptors (Lipinski definition) is 6. The molecule has 3 aromatic rings. The lowest BCUT2D eigenvalue weighted by Gasteiger charge is -2.35. The Morgan fingerprint density at radius 1 is 0.956 bits per heavy atom. The molecule has 238 valence electrons. The van der Waals surface area contributed by atoms with Gasteiger partial charge in [-0.2, -0.15) is 13.2 Å². The Morgan fingerprint density at radius 3 is 2.29 bits per heavy atom. The first-order valence-corrected chi connectivity index (χ1v) is 14.8. The highest BCUT2D eigenvalue weighted by Crippen LogP contribution is 2.30. The van der Waals surface area contributed by atoms with Crippen LogP contribution in [0, 0.1) is 5.92 Å². The van der Waals surface area contributed by atoms with Gasteiger partial charge in [0, 0.05) is 50.4 Å². The number of carbonyl (C=O) groups excluding carboxylic acids is 3. The van der Waals surface area contributed by atoms with Crippen molar-refractivity contribution in [3.05, 3.63) is 94.8 Å². The third-order valence-corrected chi connectivity index (χ3v) is 8.37. The summed E-state index contributed by atoms with van der Waals surface area (Å²) in [4.78, 5) is 46.3. The van der Waals surface area contributed by atoms with E-state index in [4.69, 9.17) is 4.74 Å². The highest BCUT2D eigenvalue weighted by molar-refractivity contribution is 5.99. The van der Waals surface area contributed by atoms with Crippen molar-refractivity contribution in [1.82, 2.24) is 20.1 Å². The number of pyridine rings is 1. The summed E-state index contributed by atoms with van der Waals surface area (Å²) < 4.78 is 59.2. The van der Waals surface area contributed by atoms with Crippen LogP contribution in [-0.2, 0) is 12.7 Å². The third kappa shape index (κ3) is 7.86. The second kappa shape index (κ2) is 13.8. The Morgan fingerprint density at radius 2 is 1.67 bits per heavy atom. The van der Waals surface area contributed by atoms with E-state index >= 15 is 0 Å². The molecular weight excluding hydrogens is 592 g/mol. The monoisotopic (exact) mass is 626 g/mol. The number of rotatable bonds is 8. The smallest absolute Gasteiger partial charge is 0.416 e. The number of piperidine rings is 2. The molecule has 1 aromatic heterocycles. The third-order valence-electron chi connectivity index (χ3n) is 8.37. The van der Waals surface area contributed by atoms with Crippen LogP contribution < -0.4 is 10.1 Å². The van der Waals surface area contributed by atoms with Crippen LogP contribution in [0.15, 0.2) is 66.9 Å². The zero-order chi connectivity index (χ0) is 32.1. The number of Topliss-reactive ketones (excluding diaryl/α,β-unsaturated/α-hetero) is 1. The van der Waals surface area contributed by atoms with Gasteiger partial charge in [0.15, 0.2) is 5.78 Å². The summed E-state index contributed by atoms with van der Waals surface area (Å²) in [5, 5.41) is 2.68. The van der Waals surface area contributed by atoms with Gasteiger partial charge in [-0.25, -0.2) is 4.39 Å². The molecule has 0 unspecified atom stereocenters. The van der Waals surface area contributed by atoms with E-state index in [1.165, 1.54) is 24.4 Å². The number of aromatic nitrogens is 1. The van der Waals surface area contributed by atoms with E-state index in [1.54, 1.807) is 47.2 Å². The molecule has 0 aliphatic carbocycles. The fourth-order valence-electron chi connectivity index (χ4n) is 5.78. The predicted octanol–water partition coefficient (Wildman–Crippen LogP) is 5.19. The zero-order valence-electron chi connectivity index (χ0n) is 24.7. The summed E-state index contributed by atoms with van der Waals surface area (Å²) in [6.07, 6.45) is -3.25. The second-order valence-corrected chi connectivity index (χ2v) is 11.4. The fraction of sp³-hybridized carbons (Fsp3) is 0.394. The number of ketones is 1. The van der Waals surface area contributed by atoms with Crippen molar-refractivity contribution >= 4 is 17.6 Å². The quantitative estimate of drug-likeness (QED) is 0.274. The number of halogens is 4. The first-order valence-electron chi connectivity index (χ1n) is 14.8. The van der Waals surface area contributed by atoms with Gasteiger partial charge in [-0.3, -0.25) is 24.3 Å². The molecule has 0 bridgehead atoms. The van der Waals surface area contributed by atoms with Gasteiger partial charge >= 0.3 is 6.18 Å². The first-order chi connectivity index (χ1) is 21.5. The highest BCUT2D eigenvalue weighted by atomic mass is 19.4. The van der Waals surface area contributed by atoms with E-state index in [-0.39, 0.29) is 48.4 Å². The average Bonchev–Trinajstić information content (AvgIpc) is 3.05. The minimum Gasteiger partial charge on any atom is -0.497 e. The molecule has 5 rings (SSSR count). The predicted molar refractivity (Wildman–Crippen MR) is 158 cm³/mol. The summed E-state index contributed by atoms with van der Waals surface area (Å²) in [6, 6.07) is 14.1. The molecule has 2 aliphatic heterocycles. The van der Waals surface area contributed by atoms with E-state index in [1.807, 2.05) is 0 Å². The van der Waals surface area contributed by atoms with Gasteiger partial charge in [0.05, 0.1) is 24.3 Å². The number of methoxy groups -OCH3 is 1. The normalized spacial score (nSPS) is 19.6. The second-order valence-electron chi connectivity index (χ2n) is 11.4. The van der Waals surface area contributed by atoms with E-state index in [0.717, 1.165) is 12.1 Å². The maximum atomic E-state index is 15.0. The summed E-state index contributed by atoms with van der Waals surface area (Å²) in [6.45, 7) is 1.34. The largest absolute Gasteiger partial charge is 0.497 e. The van der Waals surface area contributed by atoms with Gasteiger partial charge in [0.1, 0.15) is 17.6 Å². The number of amides is 2. The van der Waals surface area contributed by atoms with Crippen molar-refractivity contribution in [2.45, 2.75) is 44.2 Å². The summed E-state index contributed by atoms with van der Waals surface area (Å²) in [5.74, 6) is -0.304. The standard InChI is InChI=1S/C33H34F4N4O4/c1-45-26-8-5-22(6-9-26)30(42)23-11-15-41(16-12-23)32(44)29-10-7-24(18-38-29)31(43)39-28-13-14-40(20-27(28)34)19-21-3-2-4-25(17-21)33(35,36)37/h2-10,17-18,23,27-28H,11-16,19-20H2,1H3,(H,39,43)/t27-,28+/m0/s1. The molecule has 2 fully saturated rings. The Labute approximate surface area is 258 Å². The Balaban J connectivity index is 1.09. The van der Waals surface area contributed by atoms with Gasteiger partial charge in [-0.1, -0.05) is 18.2 Å². The summed E-state index contributed by atoms with van der Waals surface area (Å²) >= 11 is 0. The van der Waals surface area contributed by atoms with E-state index < -0.39 is 29.9 Å². The topological polar surface area (TPSA) is 91.8 Å². The van der Waals surface area contributed by atoms with Crippen molar-refractivity contribution < 1.29 is 36.7 Å². The van der Waals surface area contributed by atoms with Crippen molar-refractivity contribution in [3.8, 4) is 5.75 Å². The lowest BCUT2D eigenvalue weighted by atomic mass is 9.88. The lowest BCUT2D eigenvalue weighted by molar-refractivity contribution is -0.137. The number of alkyl halides is 4. The molecule has 2 saturated heterocycles. The molecule has 2 atom stereocenters. The van der Waals surface area contributed by atoms with Crippen LogP contribution in [0.3, 0.4) is 0 Å². The van der Waals surface area contributed by atoms with E-state index in [0.29, 0.717) is 49.4 Å². The Hall–Kier alpha value is -4.32. The minimum atomic E-state index is -4.45. The van der Waals surface area contributed by atoms with Gasteiger partial charge in [0.25, 0.3) is 11.8 Å². The number of hydrogen-bond donors (Lipinski definition) is 1. The van der Waals surface area contributed by atoms with E-state index in [9.17, 15) is 31.9 Å². The van der Waals surface area contributed by atoms with Crippen LogP contribution in [-0.4, -0.2) is 77.9 Å². The maximum absolute atomic E-state index is 15.0. The number of ether oxygens (including phenoxy) is 1. The van der Waals surface area contributed by atoms with Gasteiger partial charge in [-0.05, 0) is 67.3 Å². The molecular formula is C33H34F4N4O4. The number of benzene rings is 2. The molecule has 1 N–H and O–H groups in total. The van der Waals surface area contributed by atoms with E-state index in [2.05, 4.69) is 10.3 Å². The molecule has 8 nitrogen and oxygen atoms in total. The van der Waals surface area contributed by atoms with Gasteiger partial charge in [-0.15, -0.1) is 0 Å². The molecule has 2 aliphatic rings. The fourth-order valence-corrected chi connectivity index (χ4v) is 5.78. The summed E-state index contributed by atoms with van der Waals surface area (Å²) in [5.41, 5.74) is 0.635.